The van der Waals surface area contributed by atoms with Gasteiger partial charge in [-0.25, -0.2) is 8.42 Å². The van der Waals surface area contributed by atoms with Gasteiger partial charge in [-0.2, -0.15) is 5.10 Å². The second-order valence-corrected chi connectivity index (χ2v) is 9.40. The summed E-state index contributed by atoms with van der Waals surface area (Å²) in [4.78, 5) is 2.03. The molecule has 0 saturated carbocycles. The molecule has 5 nitrogen and oxygen atoms in total. The van der Waals surface area contributed by atoms with Crippen LogP contribution in [-0.2, 0) is 23.4 Å². The Labute approximate surface area is 138 Å². The van der Waals surface area contributed by atoms with Crippen LogP contribution in [0.3, 0.4) is 0 Å². The summed E-state index contributed by atoms with van der Waals surface area (Å²) >= 11 is 0. The Kier molecular flexibility index (Phi) is 4.96. The zero-order valence-electron chi connectivity index (χ0n) is 14.4. The largest absolute Gasteiger partial charge is 0.300 e. The molecule has 0 saturated heterocycles. The highest BCUT2D eigenvalue weighted by Crippen LogP contribution is 2.24. The molecule has 126 valence electrons. The van der Waals surface area contributed by atoms with Crippen LogP contribution < -0.4 is 0 Å². The minimum Gasteiger partial charge on any atom is -0.300 e. The van der Waals surface area contributed by atoms with Crippen LogP contribution in [0.2, 0.25) is 0 Å². The van der Waals surface area contributed by atoms with Gasteiger partial charge in [-0.1, -0.05) is 30.3 Å². The van der Waals surface area contributed by atoms with Crippen molar-refractivity contribution in [2.75, 3.05) is 19.8 Å². The van der Waals surface area contributed by atoms with Gasteiger partial charge in [0.2, 0.25) is 0 Å². The van der Waals surface area contributed by atoms with E-state index in [0.717, 1.165) is 16.8 Å². The maximum atomic E-state index is 11.9. The summed E-state index contributed by atoms with van der Waals surface area (Å²) in [5.74, 6) is 0. The number of nitrogens with zero attached hydrogens (tertiary/aromatic N) is 3. The molecule has 1 heterocycles. The Morgan fingerprint density at radius 1 is 1.22 bits per heavy atom. The van der Waals surface area contributed by atoms with E-state index in [9.17, 15) is 8.42 Å². The first-order chi connectivity index (χ1) is 10.6. The molecule has 6 heteroatoms. The monoisotopic (exact) mass is 335 g/mol. The lowest BCUT2D eigenvalue weighted by molar-refractivity contribution is 0.296. The van der Waals surface area contributed by atoms with Crippen molar-refractivity contribution in [1.29, 1.82) is 0 Å². The number of benzene rings is 1. The Balaban J connectivity index is 2.21. The van der Waals surface area contributed by atoms with Crippen molar-refractivity contribution in [3.63, 3.8) is 0 Å². The van der Waals surface area contributed by atoms with Gasteiger partial charge in [0.15, 0.2) is 9.84 Å². The second kappa shape index (κ2) is 6.45. The first-order valence-corrected chi connectivity index (χ1v) is 9.45. The van der Waals surface area contributed by atoms with E-state index in [2.05, 4.69) is 5.10 Å². The highest BCUT2D eigenvalue weighted by atomic mass is 32.2. The van der Waals surface area contributed by atoms with Crippen LogP contribution in [0.4, 0.5) is 0 Å². The molecule has 2 aromatic rings. The van der Waals surface area contributed by atoms with Crippen LogP contribution in [0.25, 0.3) is 11.3 Å². The van der Waals surface area contributed by atoms with Crippen LogP contribution in [0.1, 0.15) is 19.4 Å². The van der Waals surface area contributed by atoms with E-state index in [0.29, 0.717) is 13.1 Å². The number of aromatic nitrogens is 2. The van der Waals surface area contributed by atoms with Gasteiger partial charge < -0.3 is 4.90 Å². The summed E-state index contributed by atoms with van der Waals surface area (Å²) in [5.41, 5.74) is 3.10. The minimum atomic E-state index is -3.11. The molecule has 0 amide bonds. The molecule has 0 fully saturated rings. The highest BCUT2D eigenvalue weighted by Gasteiger charge is 2.31. The van der Waals surface area contributed by atoms with E-state index in [1.165, 1.54) is 6.26 Å². The van der Waals surface area contributed by atoms with Crippen LogP contribution in [0.15, 0.2) is 36.5 Å². The van der Waals surface area contributed by atoms with E-state index in [4.69, 9.17) is 0 Å². The van der Waals surface area contributed by atoms with Gasteiger partial charge in [0.25, 0.3) is 0 Å². The molecule has 0 aliphatic carbocycles. The van der Waals surface area contributed by atoms with Crippen LogP contribution in [0.5, 0.6) is 0 Å². The molecular formula is C17H25N3O2S. The van der Waals surface area contributed by atoms with Crippen LogP contribution >= 0.6 is 0 Å². The fraction of sp³-hybridized carbons (Fsp3) is 0.471. The van der Waals surface area contributed by atoms with Gasteiger partial charge in [0, 0.05) is 43.7 Å². The van der Waals surface area contributed by atoms with Gasteiger partial charge in [-0.05, 0) is 20.9 Å². The van der Waals surface area contributed by atoms with E-state index in [1.54, 1.807) is 18.5 Å². The maximum Gasteiger partial charge on any atom is 0.153 e. The van der Waals surface area contributed by atoms with Crippen molar-refractivity contribution in [1.82, 2.24) is 14.7 Å². The Morgan fingerprint density at radius 2 is 1.83 bits per heavy atom. The Hall–Kier alpha value is -1.66. The predicted octanol–water partition coefficient (Wildman–Crippen LogP) is 2.34. The average molecular weight is 335 g/mol. The average Bonchev–Trinajstić information content (AvgIpc) is 2.78. The first-order valence-electron chi connectivity index (χ1n) is 7.56. The number of rotatable bonds is 6. The molecule has 0 bridgehead atoms. The maximum absolute atomic E-state index is 11.9. The van der Waals surface area contributed by atoms with Gasteiger partial charge in [0.05, 0.1) is 10.4 Å². The molecular weight excluding hydrogens is 310 g/mol. The fourth-order valence-electron chi connectivity index (χ4n) is 2.61. The zero-order valence-corrected chi connectivity index (χ0v) is 15.3. The van der Waals surface area contributed by atoms with Crippen molar-refractivity contribution in [3.8, 4) is 11.3 Å². The molecule has 23 heavy (non-hydrogen) atoms. The lowest BCUT2D eigenvalue weighted by atomic mass is 10.1. The molecule has 0 aliphatic heterocycles. The lowest BCUT2D eigenvalue weighted by Crippen LogP contribution is -2.42. The standard InChI is InChI=1S/C17H25N3O2S/c1-17(2,23(5,21)22)13-19(3)11-15-12-20(4)18-16(15)14-9-7-6-8-10-14/h6-10,12H,11,13H2,1-5H3. The fourth-order valence-corrected chi connectivity index (χ4v) is 3.06. The van der Waals surface area contributed by atoms with E-state index in [-0.39, 0.29) is 0 Å². The smallest absolute Gasteiger partial charge is 0.153 e. The van der Waals surface area contributed by atoms with Gasteiger partial charge in [0.1, 0.15) is 0 Å². The van der Waals surface area contributed by atoms with Crippen molar-refractivity contribution in [3.05, 3.63) is 42.1 Å². The Bertz CT molecular complexity index is 764. The van der Waals surface area contributed by atoms with Gasteiger partial charge >= 0.3 is 0 Å². The molecule has 0 N–H and O–H groups in total. The number of hydrogen-bond donors (Lipinski definition) is 0. The van der Waals surface area contributed by atoms with Crippen molar-refractivity contribution in [2.24, 2.45) is 7.05 Å². The predicted molar refractivity (Wildman–Crippen MR) is 93.9 cm³/mol. The third kappa shape index (κ3) is 4.20. The molecule has 0 atom stereocenters. The second-order valence-electron chi connectivity index (χ2n) is 6.75. The molecule has 0 unspecified atom stereocenters. The normalized spacial score (nSPS) is 12.8. The molecule has 0 radical (unpaired) electrons. The molecule has 1 aromatic heterocycles. The molecule has 1 aromatic carbocycles. The van der Waals surface area contributed by atoms with Crippen molar-refractivity contribution in [2.45, 2.75) is 25.1 Å². The van der Waals surface area contributed by atoms with E-state index < -0.39 is 14.6 Å². The summed E-state index contributed by atoms with van der Waals surface area (Å²) in [6, 6.07) is 10.0. The van der Waals surface area contributed by atoms with Crippen LogP contribution in [-0.4, -0.2) is 47.7 Å². The molecule has 0 aliphatic rings. The van der Waals surface area contributed by atoms with Gasteiger partial charge in [-0.15, -0.1) is 0 Å². The quantitative estimate of drug-likeness (QED) is 0.813. The Morgan fingerprint density at radius 3 is 2.39 bits per heavy atom. The topological polar surface area (TPSA) is 55.2 Å². The van der Waals surface area contributed by atoms with Crippen molar-refractivity contribution < 1.29 is 8.42 Å². The van der Waals surface area contributed by atoms with Crippen molar-refractivity contribution >= 4 is 9.84 Å². The third-order valence-electron chi connectivity index (χ3n) is 4.05. The summed E-state index contributed by atoms with van der Waals surface area (Å²) in [5, 5.41) is 4.55. The summed E-state index contributed by atoms with van der Waals surface area (Å²) in [7, 11) is 0.729. The highest BCUT2D eigenvalue weighted by molar-refractivity contribution is 7.92. The zero-order chi connectivity index (χ0) is 17.3. The van der Waals surface area contributed by atoms with Gasteiger partial charge in [-0.3, -0.25) is 4.68 Å². The first kappa shape index (κ1) is 17.7. The molecule has 0 spiro atoms. The third-order valence-corrected chi connectivity index (χ3v) is 6.18. The summed E-state index contributed by atoms with van der Waals surface area (Å²) in [6.07, 6.45) is 3.28. The number of aryl methyl sites for hydroxylation is 1. The lowest BCUT2D eigenvalue weighted by Gasteiger charge is -2.28. The number of sulfone groups is 1. The SMILES string of the molecule is CN(Cc1cn(C)nc1-c1ccccc1)CC(C)(C)S(C)(=O)=O. The van der Waals surface area contributed by atoms with E-state index in [1.807, 2.05) is 55.5 Å². The summed E-state index contributed by atoms with van der Waals surface area (Å²) in [6.45, 7) is 4.65. The summed E-state index contributed by atoms with van der Waals surface area (Å²) < 4.78 is 24.8. The van der Waals surface area contributed by atoms with E-state index >= 15 is 0 Å². The van der Waals surface area contributed by atoms with Crippen LogP contribution in [0, 0.1) is 0 Å². The molecule has 2 rings (SSSR count). The minimum absolute atomic E-state index is 0.467. The number of hydrogen-bond acceptors (Lipinski definition) is 4.